The summed E-state index contributed by atoms with van der Waals surface area (Å²) in [6, 6.07) is 49.6. The zero-order chi connectivity index (χ0) is 25.1. The second kappa shape index (κ2) is 8.22. The highest BCUT2D eigenvalue weighted by Gasteiger charge is 2.13. The Labute approximate surface area is 220 Å². The van der Waals surface area contributed by atoms with E-state index in [2.05, 4.69) is 144 Å². The van der Waals surface area contributed by atoms with Crippen molar-refractivity contribution in [1.82, 2.24) is 4.57 Å². The van der Waals surface area contributed by atoms with E-state index >= 15 is 0 Å². The number of hydrogen-bond acceptors (Lipinski definition) is 1. The van der Waals surface area contributed by atoms with Gasteiger partial charge in [-0.15, -0.1) is 0 Å². The Morgan fingerprint density at radius 1 is 0.368 bits per heavy atom. The summed E-state index contributed by atoms with van der Waals surface area (Å²) in [5, 5.41) is 4.82. The highest BCUT2D eigenvalue weighted by molar-refractivity contribution is 6.10. The van der Waals surface area contributed by atoms with E-state index in [1.54, 1.807) is 0 Å². The van der Waals surface area contributed by atoms with Gasteiger partial charge in [0.15, 0.2) is 0 Å². The lowest BCUT2D eigenvalue weighted by Gasteiger charge is -2.10. The van der Waals surface area contributed by atoms with Gasteiger partial charge < -0.3 is 8.98 Å². The van der Waals surface area contributed by atoms with Crippen LogP contribution in [0.25, 0.3) is 71.7 Å². The van der Waals surface area contributed by atoms with E-state index in [0.29, 0.717) is 0 Å². The number of furan rings is 1. The molecule has 0 aliphatic heterocycles. The third kappa shape index (κ3) is 3.21. The lowest BCUT2D eigenvalue weighted by Crippen LogP contribution is -1.94. The topological polar surface area (TPSA) is 18.1 Å². The van der Waals surface area contributed by atoms with E-state index in [-0.39, 0.29) is 0 Å². The predicted octanol–water partition coefficient (Wildman–Crippen LogP) is 10.0. The van der Waals surface area contributed by atoms with Gasteiger partial charge in [-0.2, -0.15) is 0 Å². The first-order valence-corrected chi connectivity index (χ1v) is 12.9. The first-order valence-electron chi connectivity index (χ1n) is 12.9. The number of aromatic nitrogens is 1. The minimum Gasteiger partial charge on any atom is -0.456 e. The molecule has 178 valence electrons. The Hall–Kier alpha value is -5.08. The Balaban J connectivity index is 1.30. The summed E-state index contributed by atoms with van der Waals surface area (Å²) < 4.78 is 8.58. The van der Waals surface area contributed by atoms with Gasteiger partial charge in [0.25, 0.3) is 0 Å². The molecule has 0 radical (unpaired) electrons. The lowest BCUT2D eigenvalue weighted by molar-refractivity contribution is 0.669. The minimum atomic E-state index is 0.910. The molecule has 8 rings (SSSR count). The summed E-state index contributed by atoms with van der Waals surface area (Å²) in [5.74, 6) is 0. The molecular weight excluding hydrogens is 462 g/mol. The Morgan fingerprint density at radius 3 is 1.55 bits per heavy atom. The van der Waals surface area contributed by atoms with Crippen LogP contribution in [-0.2, 0) is 0 Å². The van der Waals surface area contributed by atoms with Crippen LogP contribution in [0, 0.1) is 0 Å². The van der Waals surface area contributed by atoms with Crippen molar-refractivity contribution in [3.63, 3.8) is 0 Å². The van der Waals surface area contributed by atoms with Crippen LogP contribution < -0.4 is 0 Å². The van der Waals surface area contributed by atoms with E-state index in [0.717, 1.165) is 27.6 Å². The van der Waals surface area contributed by atoms with Crippen molar-refractivity contribution in [2.75, 3.05) is 0 Å². The maximum Gasteiger partial charge on any atom is 0.135 e. The van der Waals surface area contributed by atoms with Crippen LogP contribution in [0.2, 0.25) is 0 Å². The fourth-order valence-corrected chi connectivity index (χ4v) is 5.79. The van der Waals surface area contributed by atoms with Crippen LogP contribution in [-0.4, -0.2) is 4.57 Å². The Kier molecular flexibility index (Phi) is 4.55. The molecule has 0 bridgehead atoms. The van der Waals surface area contributed by atoms with Gasteiger partial charge in [-0.25, -0.2) is 0 Å². The van der Waals surface area contributed by atoms with Crippen LogP contribution in [0.5, 0.6) is 0 Å². The lowest BCUT2D eigenvalue weighted by atomic mass is 10.00. The van der Waals surface area contributed by atoms with E-state index in [1.165, 1.54) is 44.1 Å². The van der Waals surface area contributed by atoms with E-state index < -0.39 is 0 Å². The third-order valence-corrected chi connectivity index (χ3v) is 7.59. The van der Waals surface area contributed by atoms with Crippen molar-refractivity contribution in [2.45, 2.75) is 0 Å². The smallest absolute Gasteiger partial charge is 0.135 e. The molecule has 2 heterocycles. The molecular formula is C36H23NO. The number of nitrogens with zero attached hydrogens (tertiary/aromatic N) is 1. The van der Waals surface area contributed by atoms with Gasteiger partial charge in [-0.05, 0) is 70.8 Å². The van der Waals surface area contributed by atoms with Crippen molar-refractivity contribution < 1.29 is 4.42 Å². The molecule has 0 saturated heterocycles. The molecule has 0 fully saturated rings. The highest BCUT2D eigenvalue weighted by atomic mass is 16.3. The molecule has 0 amide bonds. The number of para-hydroxylation sites is 2. The Morgan fingerprint density at radius 2 is 0.895 bits per heavy atom. The molecule has 6 aromatic carbocycles. The van der Waals surface area contributed by atoms with Crippen LogP contribution in [0.15, 0.2) is 144 Å². The minimum absolute atomic E-state index is 0.910. The third-order valence-electron chi connectivity index (χ3n) is 7.59. The first kappa shape index (κ1) is 21.0. The molecule has 0 saturated carbocycles. The predicted molar refractivity (Wildman–Crippen MR) is 159 cm³/mol. The summed E-state index contributed by atoms with van der Waals surface area (Å²) >= 11 is 0. The summed E-state index contributed by atoms with van der Waals surface area (Å²) in [4.78, 5) is 0. The fraction of sp³-hybridized carbons (Fsp3) is 0. The Bertz CT molecular complexity index is 2080. The molecule has 0 unspecified atom stereocenters. The maximum atomic E-state index is 6.21. The summed E-state index contributed by atoms with van der Waals surface area (Å²) in [5.41, 5.74) is 10.2. The molecule has 0 N–H and O–H groups in total. The standard InChI is InChI=1S/C36H23NO/c1-2-9-24(10-3-1)26-17-19-35-31(22-26)32-23-27(18-20-36(32)38-35)25-11-8-12-28(21-25)37-33-15-6-4-13-29(33)30-14-5-7-16-34(30)37/h1-23H. The van der Waals surface area contributed by atoms with Crippen molar-refractivity contribution in [3.05, 3.63) is 140 Å². The van der Waals surface area contributed by atoms with E-state index in [9.17, 15) is 0 Å². The van der Waals surface area contributed by atoms with E-state index in [1.807, 2.05) is 0 Å². The van der Waals surface area contributed by atoms with Gasteiger partial charge in [-0.1, -0.05) is 91.0 Å². The first-order chi connectivity index (χ1) is 18.8. The quantitative estimate of drug-likeness (QED) is 0.243. The van der Waals surface area contributed by atoms with Crippen LogP contribution >= 0.6 is 0 Å². The second-order valence-corrected chi connectivity index (χ2v) is 9.81. The molecule has 0 atom stereocenters. The van der Waals surface area contributed by atoms with Gasteiger partial charge in [0, 0.05) is 27.2 Å². The van der Waals surface area contributed by atoms with Crippen molar-refractivity contribution in [1.29, 1.82) is 0 Å². The summed E-state index contributed by atoms with van der Waals surface area (Å²) in [6.07, 6.45) is 0. The van der Waals surface area contributed by atoms with Crippen LogP contribution in [0.4, 0.5) is 0 Å². The van der Waals surface area contributed by atoms with Gasteiger partial charge in [0.05, 0.1) is 11.0 Å². The van der Waals surface area contributed by atoms with Gasteiger partial charge in [-0.3, -0.25) is 0 Å². The second-order valence-electron chi connectivity index (χ2n) is 9.81. The van der Waals surface area contributed by atoms with Crippen molar-refractivity contribution in [2.24, 2.45) is 0 Å². The average Bonchev–Trinajstić information content (AvgIpc) is 3.52. The van der Waals surface area contributed by atoms with Crippen LogP contribution in [0.3, 0.4) is 0 Å². The number of rotatable bonds is 3. The zero-order valence-corrected chi connectivity index (χ0v) is 20.6. The highest BCUT2D eigenvalue weighted by Crippen LogP contribution is 2.36. The number of fused-ring (bicyclic) bond motifs is 6. The molecule has 2 aromatic heterocycles. The van der Waals surface area contributed by atoms with Gasteiger partial charge in [0.1, 0.15) is 11.2 Å². The molecule has 8 aromatic rings. The van der Waals surface area contributed by atoms with E-state index in [4.69, 9.17) is 4.42 Å². The van der Waals surface area contributed by atoms with Crippen LogP contribution in [0.1, 0.15) is 0 Å². The maximum absolute atomic E-state index is 6.21. The summed E-state index contributed by atoms with van der Waals surface area (Å²) in [7, 11) is 0. The SMILES string of the molecule is c1ccc(-c2ccc3oc4ccc(-c5cccc(-n6c7ccccc7c7ccccc76)c5)cc4c3c2)cc1. The fourth-order valence-electron chi connectivity index (χ4n) is 5.79. The van der Waals surface area contributed by atoms with Gasteiger partial charge in [0.2, 0.25) is 0 Å². The molecule has 38 heavy (non-hydrogen) atoms. The molecule has 0 spiro atoms. The number of hydrogen-bond donors (Lipinski definition) is 0. The van der Waals surface area contributed by atoms with Crippen molar-refractivity contribution in [3.8, 4) is 27.9 Å². The molecule has 2 nitrogen and oxygen atoms in total. The van der Waals surface area contributed by atoms with Gasteiger partial charge >= 0.3 is 0 Å². The molecule has 0 aliphatic carbocycles. The number of benzene rings is 6. The molecule has 0 aliphatic rings. The summed E-state index contributed by atoms with van der Waals surface area (Å²) in [6.45, 7) is 0. The monoisotopic (exact) mass is 485 g/mol. The largest absolute Gasteiger partial charge is 0.456 e. The average molecular weight is 486 g/mol. The van der Waals surface area contributed by atoms with Crippen molar-refractivity contribution >= 4 is 43.7 Å². The zero-order valence-electron chi connectivity index (χ0n) is 20.6. The normalized spacial score (nSPS) is 11.7. The molecule has 2 heteroatoms.